The highest BCUT2D eigenvalue weighted by atomic mass is 35.5. The molecule has 1 nitrogen and oxygen atoms in total. The molecular weight excluding hydrogens is 297 g/mol. The van der Waals surface area contributed by atoms with Gasteiger partial charge in [0.2, 0.25) is 0 Å². The molecule has 2 rings (SSSR count). The van der Waals surface area contributed by atoms with Gasteiger partial charge in [-0.05, 0) is 54.6 Å². The maximum absolute atomic E-state index is 6.26. The van der Waals surface area contributed by atoms with Gasteiger partial charge in [-0.3, -0.25) is 0 Å². The smallest absolute Gasteiger partial charge is 0.0456 e. The molecule has 4 heteroatoms. The van der Waals surface area contributed by atoms with Gasteiger partial charge in [0.1, 0.15) is 0 Å². The molecule has 0 fully saturated rings. The molecule has 1 atom stereocenters. The number of nitrogens with one attached hydrogen (secondary N) is 1. The Morgan fingerprint density at radius 1 is 1.21 bits per heavy atom. The molecule has 0 radical (unpaired) electrons. The van der Waals surface area contributed by atoms with Crippen molar-refractivity contribution in [3.05, 3.63) is 55.7 Å². The van der Waals surface area contributed by atoms with E-state index in [0.29, 0.717) is 11.1 Å². The SMILES string of the molecule is CCc1ccsc1C(Cc1ccc(Cl)cc1Cl)NC. The molecule has 0 saturated carbocycles. The van der Waals surface area contributed by atoms with Crippen molar-refractivity contribution in [2.45, 2.75) is 25.8 Å². The Balaban J connectivity index is 2.24. The molecule has 1 aromatic carbocycles. The molecule has 1 unspecified atom stereocenters. The summed E-state index contributed by atoms with van der Waals surface area (Å²) in [5, 5.41) is 6.96. The van der Waals surface area contributed by atoms with Gasteiger partial charge < -0.3 is 5.32 Å². The summed E-state index contributed by atoms with van der Waals surface area (Å²) < 4.78 is 0. The largest absolute Gasteiger partial charge is 0.312 e. The molecule has 0 aliphatic carbocycles. The molecule has 0 bridgehead atoms. The Labute approximate surface area is 128 Å². The minimum absolute atomic E-state index is 0.300. The van der Waals surface area contributed by atoms with Gasteiger partial charge in [0.05, 0.1) is 0 Å². The molecule has 0 amide bonds. The molecule has 0 saturated heterocycles. The van der Waals surface area contributed by atoms with E-state index in [2.05, 4.69) is 23.7 Å². The molecule has 1 N–H and O–H groups in total. The molecule has 0 aliphatic heterocycles. The third kappa shape index (κ3) is 3.51. The lowest BCUT2D eigenvalue weighted by atomic mass is 10.0. The summed E-state index contributed by atoms with van der Waals surface area (Å²) >= 11 is 14.0. The highest BCUT2D eigenvalue weighted by molar-refractivity contribution is 7.10. The van der Waals surface area contributed by atoms with Crippen molar-refractivity contribution in [1.82, 2.24) is 5.32 Å². The predicted octanol–water partition coefficient (Wildman–Crippen LogP) is 5.12. The Kier molecular flexibility index (Phi) is 5.28. The van der Waals surface area contributed by atoms with Crippen molar-refractivity contribution in [2.24, 2.45) is 0 Å². The minimum atomic E-state index is 0.300. The second-order valence-electron chi connectivity index (χ2n) is 4.44. The maximum atomic E-state index is 6.26. The monoisotopic (exact) mass is 313 g/mol. The van der Waals surface area contributed by atoms with Crippen LogP contribution in [-0.2, 0) is 12.8 Å². The van der Waals surface area contributed by atoms with Gasteiger partial charge >= 0.3 is 0 Å². The number of thiophene rings is 1. The summed E-state index contributed by atoms with van der Waals surface area (Å²) in [5.74, 6) is 0. The fraction of sp³-hybridized carbons (Fsp3) is 0.333. The number of aryl methyl sites for hydroxylation is 1. The van der Waals surface area contributed by atoms with Crippen LogP contribution in [0.15, 0.2) is 29.6 Å². The van der Waals surface area contributed by atoms with Crippen LogP contribution in [0.25, 0.3) is 0 Å². The van der Waals surface area contributed by atoms with Gasteiger partial charge in [0.25, 0.3) is 0 Å². The van der Waals surface area contributed by atoms with E-state index in [1.54, 1.807) is 17.4 Å². The zero-order chi connectivity index (χ0) is 13.8. The Morgan fingerprint density at radius 3 is 2.63 bits per heavy atom. The second-order valence-corrected chi connectivity index (χ2v) is 6.24. The predicted molar refractivity (Wildman–Crippen MR) is 85.7 cm³/mol. The van der Waals surface area contributed by atoms with Crippen LogP contribution >= 0.6 is 34.5 Å². The fourth-order valence-corrected chi connectivity index (χ4v) is 3.77. The summed E-state index contributed by atoms with van der Waals surface area (Å²) in [5.41, 5.74) is 2.54. The van der Waals surface area contributed by atoms with Crippen LogP contribution in [0.1, 0.15) is 29.0 Å². The lowest BCUT2D eigenvalue weighted by Gasteiger charge is -2.17. The van der Waals surface area contributed by atoms with E-state index in [0.717, 1.165) is 23.4 Å². The van der Waals surface area contributed by atoms with E-state index in [9.17, 15) is 0 Å². The maximum Gasteiger partial charge on any atom is 0.0456 e. The number of halogens is 2. The lowest BCUT2D eigenvalue weighted by molar-refractivity contribution is 0.598. The van der Waals surface area contributed by atoms with E-state index in [1.807, 2.05) is 19.2 Å². The molecule has 1 aromatic heterocycles. The van der Waals surface area contributed by atoms with Crippen molar-refractivity contribution >= 4 is 34.5 Å². The van der Waals surface area contributed by atoms with E-state index < -0.39 is 0 Å². The normalized spacial score (nSPS) is 12.6. The van der Waals surface area contributed by atoms with E-state index in [-0.39, 0.29) is 0 Å². The Morgan fingerprint density at radius 2 is 2.00 bits per heavy atom. The highest BCUT2D eigenvalue weighted by Gasteiger charge is 2.16. The van der Waals surface area contributed by atoms with Crippen LogP contribution in [0.3, 0.4) is 0 Å². The lowest BCUT2D eigenvalue weighted by Crippen LogP contribution is -2.19. The van der Waals surface area contributed by atoms with Crippen molar-refractivity contribution in [3.63, 3.8) is 0 Å². The molecule has 2 aromatic rings. The third-order valence-electron chi connectivity index (χ3n) is 3.27. The molecule has 102 valence electrons. The molecule has 0 aliphatic rings. The van der Waals surface area contributed by atoms with Gasteiger partial charge in [-0.25, -0.2) is 0 Å². The quantitative estimate of drug-likeness (QED) is 0.807. The van der Waals surface area contributed by atoms with Crippen LogP contribution in [0.4, 0.5) is 0 Å². The minimum Gasteiger partial charge on any atom is -0.312 e. The molecule has 0 spiro atoms. The summed E-state index contributed by atoms with van der Waals surface area (Å²) in [7, 11) is 1.99. The first-order chi connectivity index (χ1) is 9.15. The van der Waals surface area contributed by atoms with Crippen molar-refractivity contribution in [3.8, 4) is 0 Å². The van der Waals surface area contributed by atoms with E-state index in [1.165, 1.54) is 10.4 Å². The average molecular weight is 314 g/mol. The van der Waals surface area contributed by atoms with Crippen LogP contribution in [0.5, 0.6) is 0 Å². The zero-order valence-corrected chi connectivity index (χ0v) is 13.4. The van der Waals surface area contributed by atoms with Crippen LogP contribution < -0.4 is 5.32 Å². The summed E-state index contributed by atoms with van der Waals surface area (Å²) in [6.45, 7) is 2.19. The van der Waals surface area contributed by atoms with Crippen LogP contribution in [0.2, 0.25) is 10.0 Å². The third-order valence-corrected chi connectivity index (χ3v) is 4.93. The summed E-state index contributed by atoms with van der Waals surface area (Å²) in [6.07, 6.45) is 1.94. The van der Waals surface area contributed by atoms with Gasteiger partial charge in [0.15, 0.2) is 0 Å². The molecule has 1 heterocycles. The van der Waals surface area contributed by atoms with Crippen molar-refractivity contribution in [1.29, 1.82) is 0 Å². The molecular formula is C15H17Cl2NS. The van der Waals surface area contributed by atoms with Crippen LogP contribution in [0, 0.1) is 0 Å². The van der Waals surface area contributed by atoms with E-state index >= 15 is 0 Å². The number of benzene rings is 1. The topological polar surface area (TPSA) is 12.0 Å². The second kappa shape index (κ2) is 6.76. The Bertz CT molecular complexity index is 551. The van der Waals surface area contributed by atoms with Crippen molar-refractivity contribution < 1.29 is 0 Å². The van der Waals surface area contributed by atoms with E-state index in [4.69, 9.17) is 23.2 Å². The first-order valence-electron chi connectivity index (χ1n) is 6.33. The standard InChI is InChI=1S/C15H17Cl2NS/c1-3-10-6-7-19-15(10)14(18-2)8-11-4-5-12(16)9-13(11)17/h4-7,9,14,18H,3,8H2,1-2H3. The van der Waals surface area contributed by atoms with Gasteiger partial charge in [-0.2, -0.15) is 0 Å². The number of rotatable bonds is 5. The van der Waals surface area contributed by atoms with Crippen molar-refractivity contribution in [2.75, 3.05) is 7.05 Å². The van der Waals surface area contributed by atoms with Crippen LogP contribution in [-0.4, -0.2) is 7.05 Å². The first-order valence-corrected chi connectivity index (χ1v) is 7.96. The average Bonchev–Trinajstić information content (AvgIpc) is 2.86. The summed E-state index contributed by atoms with van der Waals surface area (Å²) in [6, 6.07) is 8.21. The Hall–Kier alpha value is -0.540. The number of hydrogen-bond donors (Lipinski definition) is 1. The zero-order valence-electron chi connectivity index (χ0n) is 11.0. The van der Waals surface area contributed by atoms with Gasteiger partial charge in [-0.15, -0.1) is 11.3 Å². The molecule has 19 heavy (non-hydrogen) atoms. The van der Waals surface area contributed by atoms with Gasteiger partial charge in [0, 0.05) is 21.0 Å². The summed E-state index contributed by atoms with van der Waals surface area (Å²) in [4.78, 5) is 1.40. The first kappa shape index (κ1) is 14.9. The number of likely N-dealkylation sites (N-methyl/N-ethyl adjacent to an activating group) is 1. The van der Waals surface area contributed by atoms with Gasteiger partial charge in [-0.1, -0.05) is 36.2 Å². The number of hydrogen-bond acceptors (Lipinski definition) is 2. The fourth-order valence-electron chi connectivity index (χ4n) is 2.18. The highest BCUT2D eigenvalue weighted by Crippen LogP contribution is 2.30.